The zero-order valence-electron chi connectivity index (χ0n) is 16.1. The van der Waals surface area contributed by atoms with Crippen molar-refractivity contribution >= 4 is 23.4 Å². The molecule has 0 radical (unpaired) electrons. The van der Waals surface area contributed by atoms with Gasteiger partial charge in [-0.05, 0) is 48.9 Å². The van der Waals surface area contributed by atoms with Gasteiger partial charge in [-0.3, -0.25) is 9.59 Å². The van der Waals surface area contributed by atoms with Gasteiger partial charge in [-0.15, -0.1) is 0 Å². The van der Waals surface area contributed by atoms with Crippen LogP contribution >= 0.6 is 11.6 Å². The predicted molar refractivity (Wildman–Crippen MR) is 112 cm³/mol. The molecule has 0 unspecified atom stereocenters. The maximum atomic E-state index is 12.5. The van der Waals surface area contributed by atoms with Crippen molar-refractivity contribution in [2.24, 2.45) is 5.92 Å². The minimum Gasteiger partial charge on any atom is -0.356 e. The second kappa shape index (κ2) is 10.3. The number of nitrogens with one attached hydrogen (secondary N) is 1. The first kappa shape index (κ1) is 20.4. The Morgan fingerprint density at radius 2 is 1.75 bits per heavy atom. The van der Waals surface area contributed by atoms with Crippen LogP contribution in [-0.4, -0.2) is 36.3 Å². The Labute approximate surface area is 171 Å². The second-order valence-corrected chi connectivity index (χ2v) is 7.77. The van der Waals surface area contributed by atoms with Crippen LogP contribution in [0, 0.1) is 5.92 Å². The minimum absolute atomic E-state index is 0.0667. The first-order valence-corrected chi connectivity index (χ1v) is 10.3. The smallest absolute Gasteiger partial charge is 0.224 e. The molecule has 1 aliphatic rings. The molecule has 0 aromatic heterocycles. The van der Waals surface area contributed by atoms with E-state index in [1.165, 1.54) is 5.56 Å². The topological polar surface area (TPSA) is 49.4 Å². The molecule has 2 amide bonds. The molecule has 0 bridgehead atoms. The number of hydrogen-bond acceptors (Lipinski definition) is 2. The van der Waals surface area contributed by atoms with Gasteiger partial charge in [0.05, 0.1) is 5.92 Å². The average molecular weight is 399 g/mol. The lowest BCUT2D eigenvalue weighted by Gasteiger charge is -2.32. The van der Waals surface area contributed by atoms with Crippen LogP contribution in [0.15, 0.2) is 54.6 Å². The number of piperidine rings is 1. The predicted octanol–water partition coefficient (Wildman–Crippen LogP) is 3.87. The summed E-state index contributed by atoms with van der Waals surface area (Å²) in [5.74, 6) is 0.0961. The van der Waals surface area contributed by atoms with E-state index in [0.29, 0.717) is 37.5 Å². The van der Waals surface area contributed by atoms with Crippen LogP contribution < -0.4 is 5.32 Å². The van der Waals surface area contributed by atoms with Gasteiger partial charge in [0, 0.05) is 31.1 Å². The van der Waals surface area contributed by atoms with Crippen LogP contribution in [0.25, 0.3) is 0 Å². The zero-order valence-corrected chi connectivity index (χ0v) is 16.8. The first-order valence-electron chi connectivity index (χ1n) is 9.95. The van der Waals surface area contributed by atoms with E-state index in [1.54, 1.807) is 0 Å². The van der Waals surface area contributed by atoms with E-state index in [1.807, 2.05) is 47.4 Å². The number of nitrogens with zero attached hydrogens (tertiary/aromatic N) is 1. The third-order valence-electron chi connectivity index (χ3n) is 5.24. The second-order valence-electron chi connectivity index (χ2n) is 7.33. The number of aryl methyl sites for hydroxylation is 1. The van der Waals surface area contributed by atoms with Crippen molar-refractivity contribution in [3.63, 3.8) is 0 Å². The van der Waals surface area contributed by atoms with E-state index in [4.69, 9.17) is 11.6 Å². The number of halogens is 1. The van der Waals surface area contributed by atoms with E-state index >= 15 is 0 Å². The molecule has 2 aromatic carbocycles. The van der Waals surface area contributed by atoms with Gasteiger partial charge < -0.3 is 10.2 Å². The summed E-state index contributed by atoms with van der Waals surface area (Å²) in [5, 5.41) is 3.76. The van der Waals surface area contributed by atoms with Crippen molar-refractivity contribution in [1.29, 1.82) is 0 Å². The summed E-state index contributed by atoms with van der Waals surface area (Å²) < 4.78 is 0. The fraction of sp³-hybridized carbons (Fsp3) is 0.391. The molecule has 1 N–H and O–H groups in total. The molecule has 0 spiro atoms. The molecule has 28 heavy (non-hydrogen) atoms. The molecule has 1 saturated heterocycles. The van der Waals surface area contributed by atoms with Gasteiger partial charge in [0.1, 0.15) is 0 Å². The molecule has 148 valence electrons. The van der Waals surface area contributed by atoms with Gasteiger partial charge in [-0.1, -0.05) is 54.1 Å². The molecule has 0 saturated carbocycles. The molecular formula is C23H27ClN2O2. The largest absolute Gasteiger partial charge is 0.356 e. The number of hydrogen-bond donors (Lipinski definition) is 1. The fourth-order valence-corrected chi connectivity index (χ4v) is 3.68. The highest BCUT2D eigenvalue weighted by Gasteiger charge is 2.29. The third kappa shape index (κ3) is 6.10. The normalized spacial score (nSPS) is 16.8. The van der Waals surface area contributed by atoms with Crippen LogP contribution in [0.5, 0.6) is 0 Å². The monoisotopic (exact) mass is 398 g/mol. The molecule has 1 atom stereocenters. The van der Waals surface area contributed by atoms with Crippen LogP contribution in [0.4, 0.5) is 0 Å². The van der Waals surface area contributed by atoms with E-state index in [9.17, 15) is 9.59 Å². The van der Waals surface area contributed by atoms with Gasteiger partial charge >= 0.3 is 0 Å². The van der Waals surface area contributed by atoms with E-state index in [2.05, 4.69) is 17.4 Å². The first-order chi connectivity index (χ1) is 13.6. The van der Waals surface area contributed by atoms with Crippen LogP contribution in [0.3, 0.4) is 0 Å². The number of amides is 2. The fourth-order valence-electron chi connectivity index (χ4n) is 3.55. The van der Waals surface area contributed by atoms with Crippen molar-refractivity contribution < 1.29 is 9.59 Å². The van der Waals surface area contributed by atoms with E-state index in [-0.39, 0.29) is 17.7 Å². The maximum Gasteiger partial charge on any atom is 0.224 e. The SMILES string of the molecule is O=C(NCCCc1ccccc1)[C@@H]1CCC(=O)N(CCc2ccc(Cl)cc2)C1. The van der Waals surface area contributed by atoms with Gasteiger partial charge in [-0.2, -0.15) is 0 Å². The van der Waals surface area contributed by atoms with Gasteiger partial charge in [0.15, 0.2) is 0 Å². The Hall–Kier alpha value is -2.33. The Bertz CT molecular complexity index is 777. The molecule has 1 heterocycles. The number of benzene rings is 2. The highest BCUT2D eigenvalue weighted by Crippen LogP contribution is 2.19. The highest BCUT2D eigenvalue weighted by atomic mass is 35.5. The summed E-state index contributed by atoms with van der Waals surface area (Å²) in [6, 6.07) is 18.0. The van der Waals surface area contributed by atoms with Crippen molar-refractivity contribution in [2.45, 2.75) is 32.1 Å². The molecule has 4 nitrogen and oxygen atoms in total. The van der Waals surface area contributed by atoms with Crippen LogP contribution in [0.1, 0.15) is 30.4 Å². The standard InChI is InChI=1S/C23H27ClN2O2/c24-21-11-8-19(9-12-21)14-16-26-17-20(10-13-22(26)27)23(28)25-15-4-7-18-5-2-1-3-6-18/h1-3,5-6,8-9,11-12,20H,4,7,10,13-17H2,(H,25,28)/t20-/m1/s1. The van der Waals surface area contributed by atoms with Gasteiger partial charge in [0.25, 0.3) is 0 Å². The van der Waals surface area contributed by atoms with E-state index in [0.717, 1.165) is 24.8 Å². The molecular weight excluding hydrogens is 372 g/mol. The Balaban J connectivity index is 1.41. The lowest BCUT2D eigenvalue weighted by atomic mass is 9.96. The van der Waals surface area contributed by atoms with Crippen molar-refractivity contribution in [1.82, 2.24) is 10.2 Å². The Morgan fingerprint density at radius 3 is 2.50 bits per heavy atom. The Morgan fingerprint density at radius 1 is 1.04 bits per heavy atom. The molecule has 1 fully saturated rings. The van der Waals surface area contributed by atoms with Gasteiger partial charge in [0.2, 0.25) is 11.8 Å². The summed E-state index contributed by atoms with van der Waals surface area (Å²) in [4.78, 5) is 26.6. The Kier molecular flexibility index (Phi) is 7.49. The summed E-state index contributed by atoms with van der Waals surface area (Å²) >= 11 is 5.92. The molecule has 0 aliphatic carbocycles. The molecule has 3 rings (SSSR count). The summed E-state index contributed by atoms with van der Waals surface area (Å²) in [7, 11) is 0. The van der Waals surface area contributed by atoms with Crippen LogP contribution in [0.2, 0.25) is 5.02 Å². The summed E-state index contributed by atoms with van der Waals surface area (Å²) in [6.07, 6.45) is 3.73. The lowest BCUT2D eigenvalue weighted by Crippen LogP contribution is -2.46. The number of carbonyl (C=O) groups is 2. The summed E-state index contributed by atoms with van der Waals surface area (Å²) in [5.41, 5.74) is 2.43. The maximum absolute atomic E-state index is 12.5. The van der Waals surface area contributed by atoms with Gasteiger partial charge in [-0.25, -0.2) is 0 Å². The van der Waals surface area contributed by atoms with Crippen molar-refractivity contribution in [2.75, 3.05) is 19.6 Å². The minimum atomic E-state index is -0.111. The third-order valence-corrected chi connectivity index (χ3v) is 5.49. The van der Waals surface area contributed by atoms with E-state index < -0.39 is 0 Å². The van der Waals surface area contributed by atoms with Crippen molar-refractivity contribution in [3.05, 3.63) is 70.7 Å². The molecule has 1 aliphatic heterocycles. The number of rotatable bonds is 8. The highest BCUT2D eigenvalue weighted by molar-refractivity contribution is 6.30. The number of likely N-dealkylation sites (tertiary alicyclic amines) is 1. The van der Waals surface area contributed by atoms with Crippen LogP contribution in [-0.2, 0) is 22.4 Å². The lowest BCUT2D eigenvalue weighted by molar-refractivity contribution is -0.138. The molecule has 2 aromatic rings. The quantitative estimate of drug-likeness (QED) is 0.686. The average Bonchev–Trinajstić information content (AvgIpc) is 2.72. The summed E-state index contributed by atoms with van der Waals surface area (Å²) in [6.45, 7) is 1.82. The van der Waals surface area contributed by atoms with Crippen molar-refractivity contribution in [3.8, 4) is 0 Å². The number of carbonyl (C=O) groups excluding carboxylic acids is 2. The molecule has 5 heteroatoms. The zero-order chi connectivity index (χ0) is 19.8.